The highest BCUT2D eigenvalue weighted by molar-refractivity contribution is 5.93. The Labute approximate surface area is 482 Å². The first kappa shape index (κ1) is 52.7. The van der Waals surface area contributed by atoms with Crippen LogP contribution in [-0.4, -0.2) is 0 Å². The molecule has 13 rings (SSSR count). The van der Waals surface area contributed by atoms with Gasteiger partial charge in [0.25, 0.3) is 0 Å². The van der Waals surface area contributed by atoms with Crippen molar-refractivity contribution in [1.29, 1.82) is 0 Å². The minimum atomic E-state index is -4.46. The van der Waals surface area contributed by atoms with E-state index >= 15 is 0 Å². The number of aryl methyl sites for hydroxylation is 6. The van der Waals surface area contributed by atoms with Crippen LogP contribution >= 0.6 is 0 Å². The molecule has 82 heavy (non-hydrogen) atoms. The van der Waals surface area contributed by atoms with Crippen molar-refractivity contribution < 1.29 is 13.2 Å². The Morgan fingerprint density at radius 1 is 0.268 bits per heavy atom. The Morgan fingerprint density at radius 2 is 0.524 bits per heavy atom. The van der Waals surface area contributed by atoms with E-state index in [0.29, 0.717) is 5.69 Å². The monoisotopic (exact) mass is 1080 g/mol. The van der Waals surface area contributed by atoms with Crippen LogP contribution in [0, 0.1) is 41.5 Å². The zero-order valence-electron chi connectivity index (χ0n) is 49.0. The van der Waals surface area contributed by atoms with Gasteiger partial charge in [-0.2, -0.15) is 13.2 Å². The van der Waals surface area contributed by atoms with Crippen molar-refractivity contribution in [3.63, 3.8) is 0 Å². The van der Waals surface area contributed by atoms with E-state index < -0.39 is 17.2 Å². The van der Waals surface area contributed by atoms with Crippen LogP contribution in [0.25, 0.3) is 33.4 Å². The normalized spacial score (nSPS) is 14.6. The standard InChI is InChI=1S/C76H68F3N3/c1-45-13-20-53(21-14-45)81(71-35-16-46(2)37-49(71)5)56-26-32-62-64-34-28-58(44-70(64)75(11,12)68(62)42-56)82(72-36-17-47(3)38-50(72)6)57-27-33-63-61-31-25-55(41-67(61)74(9,10)69(63)43-57)80(52-22-18-51(19-23-52)76(77,78)79)54-24-30-60-59-29-15-48(4)39-65(59)73(7,8)66(60)40-54/h13-44H,1-12H3. The Hall–Kier alpha value is -8.61. The fourth-order valence-corrected chi connectivity index (χ4v) is 13.9. The minimum absolute atomic E-state index is 0.278. The molecule has 3 aliphatic carbocycles. The first-order valence-electron chi connectivity index (χ1n) is 28.6. The van der Waals surface area contributed by atoms with Gasteiger partial charge in [-0.15, -0.1) is 0 Å². The maximum absolute atomic E-state index is 14.1. The van der Waals surface area contributed by atoms with Gasteiger partial charge in [-0.3, -0.25) is 0 Å². The summed E-state index contributed by atoms with van der Waals surface area (Å²) in [5, 5.41) is 0. The molecule has 0 radical (unpaired) electrons. The van der Waals surface area contributed by atoms with Gasteiger partial charge in [0.1, 0.15) is 0 Å². The molecule has 0 saturated heterocycles. The maximum Gasteiger partial charge on any atom is 0.416 e. The van der Waals surface area contributed by atoms with E-state index in [9.17, 15) is 13.2 Å². The van der Waals surface area contributed by atoms with Gasteiger partial charge in [0.15, 0.2) is 0 Å². The third-order valence-electron chi connectivity index (χ3n) is 18.3. The fraction of sp³-hybridized carbons (Fsp3) is 0.211. The quantitative estimate of drug-likeness (QED) is 0.143. The highest BCUT2D eigenvalue weighted by Gasteiger charge is 2.41. The molecule has 3 nitrogen and oxygen atoms in total. The Kier molecular flexibility index (Phi) is 12.0. The molecule has 0 amide bonds. The summed E-state index contributed by atoms with van der Waals surface area (Å²) in [4.78, 5) is 6.96. The number of halogens is 3. The third kappa shape index (κ3) is 8.38. The van der Waals surface area contributed by atoms with Gasteiger partial charge in [-0.25, -0.2) is 0 Å². The second-order valence-corrected chi connectivity index (χ2v) is 25.0. The van der Waals surface area contributed by atoms with Crippen LogP contribution in [0.1, 0.15) is 114 Å². The van der Waals surface area contributed by atoms with Crippen LogP contribution in [0.5, 0.6) is 0 Å². The summed E-state index contributed by atoms with van der Waals surface area (Å²) in [6.07, 6.45) is -4.46. The summed E-state index contributed by atoms with van der Waals surface area (Å²) in [6, 6.07) is 68.7. The summed E-state index contributed by atoms with van der Waals surface area (Å²) < 4.78 is 42.3. The molecule has 0 bridgehead atoms. The summed E-state index contributed by atoms with van der Waals surface area (Å²) >= 11 is 0. The van der Waals surface area contributed by atoms with Crippen molar-refractivity contribution in [2.24, 2.45) is 0 Å². The molecule has 6 heteroatoms. The molecule has 0 N–H and O–H groups in total. The average molecular weight is 1080 g/mol. The second kappa shape index (κ2) is 18.7. The van der Waals surface area contributed by atoms with E-state index in [1.54, 1.807) is 12.1 Å². The number of rotatable bonds is 9. The van der Waals surface area contributed by atoms with Crippen molar-refractivity contribution in [3.8, 4) is 33.4 Å². The van der Waals surface area contributed by atoms with Gasteiger partial charge < -0.3 is 14.7 Å². The van der Waals surface area contributed by atoms with E-state index in [1.807, 2.05) is 0 Å². The van der Waals surface area contributed by atoms with Gasteiger partial charge >= 0.3 is 6.18 Å². The number of anilines is 9. The van der Waals surface area contributed by atoms with Gasteiger partial charge in [-0.05, 0) is 229 Å². The lowest BCUT2D eigenvalue weighted by atomic mass is 9.81. The predicted molar refractivity (Wildman–Crippen MR) is 337 cm³/mol. The fourth-order valence-electron chi connectivity index (χ4n) is 13.9. The Bertz CT molecular complexity index is 4250. The van der Waals surface area contributed by atoms with Crippen molar-refractivity contribution in [3.05, 3.63) is 266 Å². The maximum atomic E-state index is 14.1. The van der Waals surface area contributed by atoms with Gasteiger partial charge in [0.2, 0.25) is 0 Å². The lowest BCUT2D eigenvalue weighted by molar-refractivity contribution is -0.137. The van der Waals surface area contributed by atoms with E-state index in [2.05, 4.69) is 268 Å². The number of fused-ring (bicyclic) bond motifs is 9. The lowest BCUT2D eigenvalue weighted by Crippen LogP contribution is -2.19. The SMILES string of the molecule is Cc1ccc(N(c2ccc3c(c2)C(C)(C)c2cc(N(c4ccc5c(c4)C(C)(C)c4cc(N(c6ccc(C(F)(F)F)cc6)c6ccc7c(c6)C(C)(C)c6cc(C)ccc6-7)ccc4-5)c4ccc(C)cc4C)ccc2-3)c2ccc(C)cc2C)cc1. The van der Waals surface area contributed by atoms with Gasteiger partial charge in [0.05, 0.1) is 5.56 Å². The average Bonchev–Trinajstić information content (AvgIpc) is 2.10. The van der Waals surface area contributed by atoms with Crippen LogP contribution in [0.2, 0.25) is 0 Å². The Balaban J connectivity index is 0.892. The minimum Gasteiger partial charge on any atom is -0.310 e. The van der Waals surface area contributed by atoms with Crippen LogP contribution in [-0.2, 0) is 22.4 Å². The second-order valence-electron chi connectivity index (χ2n) is 25.0. The van der Waals surface area contributed by atoms with Gasteiger partial charge in [0, 0.05) is 67.4 Å². The smallest absolute Gasteiger partial charge is 0.310 e. The highest BCUT2D eigenvalue weighted by atomic mass is 19.4. The number of alkyl halides is 3. The molecule has 0 spiro atoms. The summed E-state index contributed by atoms with van der Waals surface area (Å²) in [6.45, 7) is 26.8. The lowest BCUT2D eigenvalue weighted by Gasteiger charge is -2.31. The molecule has 3 aliphatic rings. The topological polar surface area (TPSA) is 9.72 Å². The van der Waals surface area contributed by atoms with Crippen LogP contribution in [0.3, 0.4) is 0 Å². The predicted octanol–water partition coefficient (Wildman–Crippen LogP) is 21.9. The van der Waals surface area contributed by atoms with Crippen molar-refractivity contribution in [2.75, 3.05) is 14.7 Å². The molecule has 0 aliphatic heterocycles. The van der Waals surface area contributed by atoms with Crippen LogP contribution in [0.15, 0.2) is 194 Å². The van der Waals surface area contributed by atoms with Crippen molar-refractivity contribution in [1.82, 2.24) is 0 Å². The Morgan fingerprint density at radius 3 is 0.878 bits per heavy atom. The molecular weight excluding hydrogens is 1010 g/mol. The molecule has 0 heterocycles. The number of hydrogen-bond donors (Lipinski definition) is 0. The molecular formula is C76H68F3N3. The third-order valence-corrected chi connectivity index (χ3v) is 18.3. The molecule has 408 valence electrons. The molecule has 10 aromatic carbocycles. The van der Waals surface area contributed by atoms with E-state index in [0.717, 1.165) is 56.6 Å². The summed E-state index contributed by atoms with van der Waals surface area (Å²) in [7, 11) is 0. The first-order valence-corrected chi connectivity index (χ1v) is 28.6. The zero-order chi connectivity index (χ0) is 57.5. The first-order chi connectivity index (χ1) is 39.0. The van der Waals surface area contributed by atoms with E-state index in [-0.39, 0.29) is 10.8 Å². The van der Waals surface area contributed by atoms with Crippen LogP contribution in [0.4, 0.5) is 64.4 Å². The summed E-state index contributed by atoms with van der Waals surface area (Å²) in [5.74, 6) is 0. The molecule has 0 unspecified atom stereocenters. The number of benzene rings is 10. The van der Waals surface area contributed by atoms with Crippen molar-refractivity contribution >= 4 is 51.2 Å². The zero-order valence-corrected chi connectivity index (χ0v) is 49.0. The number of hydrogen-bond acceptors (Lipinski definition) is 3. The van der Waals surface area contributed by atoms with Gasteiger partial charge in [-0.1, -0.05) is 149 Å². The largest absolute Gasteiger partial charge is 0.416 e. The molecule has 0 saturated carbocycles. The van der Waals surface area contributed by atoms with Crippen LogP contribution < -0.4 is 14.7 Å². The molecule has 0 aromatic heterocycles. The molecule has 0 fully saturated rings. The number of nitrogens with zero attached hydrogens (tertiary/aromatic N) is 3. The molecule has 10 aromatic rings. The van der Waals surface area contributed by atoms with E-state index in [4.69, 9.17) is 0 Å². The highest BCUT2D eigenvalue weighted by Crippen LogP contribution is 2.57. The molecule has 0 atom stereocenters. The summed E-state index contributed by atoms with van der Waals surface area (Å²) in [5.41, 5.74) is 29.3. The van der Waals surface area contributed by atoms with E-state index in [1.165, 1.54) is 101 Å². The van der Waals surface area contributed by atoms with Crippen molar-refractivity contribution in [2.45, 2.75) is 106 Å².